The predicted molar refractivity (Wildman–Crippen MR) is 90.0 cm³/mol. The van der Waals surface area contributed by atoms with E-state index in [2.05, 4.69) is 48.3 Å². The van der Waals surface area contributed by atoms with E-state index in [4.69, 9.17) is 4.98 Å². The number of nitrogens with zero attached hydrogens (tertiary/aromatic N) is 2. The van der Waals surface area contributed by atoms with Crippen molar-refractivity contribution >= 4 is 16.3 Å². The number of thiazole rings is 1. The van der Waals surface area contributed by atoms with Crippen molar-refractivity contribution < 1.29 is 0 Å². The molecule has 4 heteroatoms. The number of rotatable bonds is 5. The smallest absolute Gasteiger partial charge is 0.193 e. The Balaban J connectivity index is 1.68. The lowest BCUT2D eigenvalue weighted by Crippen LogP contribution is -2.40. The lowest BCUT2D eigenvalue weighted by Gasteiger charge is -2.38. The van der Waals surface area contributed by atoms with Crippen LogP contribution in [0.5, 0.6) is 0 Å². The van der Waals surface area contributed by atoms with Gasteiger partial charge in [0.2, 0.25) is 0 Å². The summed E-state index contributed by atoms with van der Waals surface area (Å²) in [4.78, 5) is 5.88. The fourth-order valence-corrected chi connectivity index (χ4v) is 4.31. The SMILES string of the molecule is CCNC(Cc1cn2ccsc2n1)C1CCC(C)(C)CC1. The van der Waals surface area contributed by atoms with Gasteiger partial charge in [-0.1, -0.05) is 20.8 Å². The van der Waals surface area contributed by atoms with E-state index in [0.717, 1.165) is 23.8 Å². The molecule has 0 aromatic carbocycles. The predicted octanol–water partition coefficient (Wildman–Crippen LogP) is 4.13. The molecule has 116 valence electrons. The summed E-state index contributed by atoms with van der Waals surface area (Å²) in [7, 11) is 0. The van der Waals surface area contributed by atoms with E-state index < -0.39 is 0 Å². The standard InChI is InChI=1S/C17H27N3S/c1-4-18-15(13-5-7-17(2,3)8-6-13)11-14-12-20-9-10-21-16(20)19-14/h9-10,12-13,15,18H,4-8,11H2,1-3H3. The van der Waals surface area contributed by atoms with Crippen molar-refractivity contribution in [1.82, 2.24) is 14.7 Å². The molecule has 1 saturated carbocycles. The molecule has 1 unspecified atom stereocenters. The third-order valence-corrected chi connectivity index (χ3v) is 5.76. The minimum Gasteiger partial charge on any atom is -0.314 e. The third-order valence-electron chi connectivity index (χ3n) is 4.99. The molecule has 0 spiro atoms. The van der Waals surface area contributed by atoms with Crippen molar-refractivity contribution in [3.63, 3.8) is 0 Å². The van der Waals surface area contributed by atoms with E-state index in [-0.39, 0.29) is 0 Å². The van der Waals surface area contributed by atoms with Crippen molar-refractivity contribution in [2.24, 2.45) is 11.3 Å². The van der Waals surface area contributed by atoms with Crippen LogP contribution in [-0.4, -0.2) is 22.0 Å². The fourth-order valence-electron chi connectivity index (χ4n) is 3.59. The number of hydrogen-bond donors (Lipinski definition) is 1. The topological polar surface area (TPSA) is 29.3 Å². The second-order valence-electron chi connectivity index (χ2n) is 7.20. The van der Waals surface area contributed by atoms with Crippen LogP contribution < -0.4 is 5.32 Å². The Bertz CT molecular complexity index is 545. The van der Waals surface area contributed by atoms with Crippen LogP contribution in [0.4, 0.5) is 0 Å². The Labute approximate surface area is 131 Å². The monoisotopic (exact) mass is 305 g/mol. The molecule has 3 rings (SSSR count). The molecule has 1 atom stereocenters. The molecular weight excluding hydrogens is 278 g/mol. The molecule has 2 heterocycles. The molecule has 21 heavy (non-hydrogen) atoms. The molecule has 0 saturated heterocycles. The Morgan fingerprint density at radius 2 is 2.19 bits per heavy atom. The molecule has 2 aromatic heterocycles. The van der Waals surface area contributed by atoms with E-state index in [1.807, 2.05) is 0 Å². The Morgan fingerprint density at radius 1 is 1.43 bits per heavy atom. The van der Waals surface area contributed by atoms with Gasteiger partial charge in [-0.25, -0.2) is 4.98 Å². The van der Waals surface area contributed by atoms with Crippen LogP contribution in [0, 0.1) is 11.3 Å². The van der Waals surface area contributed by atoms with Gasteiger partial charge in [0.15, 0.2) is 4.96 Å². The molecule has 1 aliphatic rings. The number of fused-ring (bicyclic) bond motifs is 1. The summed E-state index contributed by atoms with van der Waals surface area (Å²) in [6.07, 6.45) is 10.8. The highest BCUT2D eigenvalue weighted by Gasteiger charge is 2.31. The highest BCUT2D eigenvalue weighted by molar-refractivity contribution is 7.15. The molecule has 0 amide bonds. The van der Waals surface area contributed by atoms with Gasteiger partial charge < -0.3 is 5.32 Å². The van der Waals surface area contributed by atoms with Crippen molar-refractivity contribution in [3.05, 3.63) is 23.5 Å². The maximum Gasteiger partial charge on any atom is 0.193 e. The van der Waals surface area contributed by atoms with Gasteiger partial charge in [-0.15, -0.1) is 11.3 Å². The zero-order chi connectivity index (χ0) is 14.9. The zero-order valence-corrected chi connectivity index (χ0v) is 14.2. The fraction of sp³-hybridized carbons (Fsp3) is 0.706. The molecule has 1 fully saturated rings. The lowest BCUT2D eigenvalue weighted by atomic mass is 9.70. The summed E-state index contributed by atoms with van der Waals surface area (Å²) in [6, 6.07) is 0.579. The molecule has 0 aliphatic heterocycles. The third kappa shape index (κ3) is 3.49. The van der Waals surface area contributed by atoms with Gasteiger partial charge in [-0.05, 0) is 43.6 Å². The number of likely N-dealkylation sites (N-methyl/N-ethyl adjacent to an activating group) is 1. The van der Waals surface area contributed by atoms with E-state index in [1.165, 1.54) is 31.4 Å². The van der Waals surface area contributed by atoms with Crippen LogP contribution in [0.25, 0.3) is 4.96 Å². The highest BCUT2D eigenvalue weighted by atomic mass is 32.1. The highest BCUT2D eigenvalue weighted by Crippen LogP contribution is 2.39. The largest absolute Gasteiger partial charge is 0.314 e. The van der Waals surface area contributed by atoms with Crippen LogP contribution in [0.3, 0.4) is 0 Å². The van der Waals surface area contributed by atoms with Crippen LogP contribution in [0.1, 0.15) is 52.1 Å². The molecule has 0 radical (unpaired) electrons. The summed E-state index contributed by atoms with van der Waals surface area (Å²) in [5.74, 6) is 0.803. The average molecular weight is 305 g/mol. The summed E-state index contributed by atoms with van der Waals surface area (Å²) in [6.45, 7) is 8.09. The maximum absolute atomic E-state index is 4.76. The van der Waals surface area contributed by atoms with Gasteiger partial charge in [-0.2, -0.15) is 0 Å². The second-order valence-corrected chi connectivity index (χ2v) is 8.07. The van der Waals surface area contributed by atoms with Crippen molar-refractivity contribution in [2.75, 3.05) is 6.54 Å². The first-order valence-electron chi connectivity index (χ1n) is 8.22. The summed E-state index contributed by atoms with van der Waals surface area (Å²) in [5.41, 5.74) is 1.78. The number of imidazole rings is 1. The summed E-state index contributed by atoms with van der Waals surface area (Å²) < 4.78 is 2.15. The Morgan fingerprint density at radius 3 is 2.86 bits per heavy atom. The minimum atomic E-state index is 0.546. The Kier molecular flexibility index (Phi) is 4.36. The first kappa shape index (κ1) is 15.0. The Hall–Kier alpha value is -0.870. The van der Waals surface area contributed by atoms with Gasteiger partial charge >= 0.3 is 0 Å². The van der Waals surface area contributed by atoms with Gasteiger partial charge in [0.1, 0.15) is 0 Å². The normalized spacial score (nSPS) is 20.9. The van der Waals surface area contributed by atoms with Gasteiger partial charge in [-0.3, -0.25) is 4.40 Å². The van der Waals surface area contributed by atoms with E-state index >= 15 is 0 Å². The van der Waals surface area contributed by atoms with Crippen molar-refractivity contribution in [2.45, 2.75) is 58.9 Å². The van der Waals surface area contributed by atoms with Crippen LogP contribution >= 0.6 is 11.3 Å². The quantitative estimate of drug-likeness (QED) is 0.900. The molecule has 0 bridgehead atoms. The molecule has 1 N–H and O–H groups in total. The van der Waals surface area contributed by atoms with Gasteiger partial charge in [0, 0.05) is 30.2 Å². The molecule has 1 aliphatic carbocycles. The van der Waals surface area contributed by atoms with Gasteiger partial charge in [0.25, 0.3) is 0 Å². The van der Waals surface area contributed by atoms with E-state index in [0.29, 0.717) is 11.5 Å². The van der Waals surface area contributed by atoms with Crippen LogP contribution in [-0.2, 0) is 6.42 Å². The lowest BCUT2D eigenvalue weighted by molar-refractivity contribution is 0.161. The van der Waals surface area contributed by atoms with Gasteiger partial charge in [0.05, 0.1) is 5.69 Å². The van der Waals surface area contributed by atoms with Crippen molar-refractivity contribution in [3.8, 4) is 0 Å². The maximum atomic E-state index is 4.76. The van der Waals surface area contributed by atoms with Crippen molar-refractivity contribution in [1.29, 1.82) is 0 Å². The first-order valence-corrected chi connectivity index (χ1v) is 9.10. The average Bonchev–Trinajstić information content (AvgIpc) is 2.99. The molecule has 2 aromatic rings. The van der Waals surface area contributed by atoms with E-state index in [9.17, 15) is 0 Å². The molecule has 3 nitrogen and oxygen atoms in total. The van der Waals surface area contributed by atoms with Crippen LogP contribution in [0.15, 0.2) is 17.8 Å². The minimum absolute atomic E-state index is 0.546. The number of nitrogens with one attached hydrogen (secondary N) is 1. The number of aromatic nitrogens is 2. The zero-order valence-electron chi connectivity index (χ0n) is 13.4. The summed E-state index contributed by atoms with van der Waals surface area (Å²) >= 11 is 1.72. The first-order chi connectivity index (χ1) is 10.1. The molecular formula is C17H27N3S. The second kappa shape index (κ2) is 6.09. The van der Waals surface area contributed by atoms with E-state index in [1.54, 1.807) is 11.3 Å². The number of hydrogen-bond acceptors (Lipinski definition) is 3. The van der Waals surface area contributed by atoms with Crippen LogP contribution in [0.2, 0.25) is 0 Å². The summed E-state index contributed by atoms with van der Waals surface area (Å²) in [5, 5.41) is 5.81.